The molecule has 1 spiro atoms. The lowest BCUT2D eigenvalue weighted by Crippen LogP contribution is -2.46. The van der Waals surface area contributed by atoms with Crippen LogP contribution in [0.15, 0.2) is 53.0 Å². The third-order valence-electron chi connectivity index (χ3n) is 6.54. The molecule has 0 aliphatic carbocycles. The number of aliphatic hydroxyl groups excluding tert-OH is 1. The van der Waals surface area contributed by atoms with Crippen LogP contribution in [0.1, 0.15) is 24.5 Å². The molecule has 2 N–H and O–H groups in total. The predicted octanol–water partition coefficient (Wildman–Crippen LogP) is 4.18. The first-order chi connectivity index (χ1) is 14.2. The molecule has 1 fully saturated rings. The number of anilines is 1. The van der Waals surface area contributed by atoms with Crippen LogP contribution in [0.5, 0.6) is 0 Å². The molecule has 0 saturated carbocycles. The molecule has 2 heterocycles. The lowest BCUT2D eigenvalue weighted by molar-refractivity contribution is -0.146. The van der Waals surface area contributed by atoms with Crippen molar-refractivity contribution in [2.45, 2.75) is 50.2 Å². The molecule has 2 aromatic rings. The summed E-state index contributed by atoms with van der Waals surface area (Å²) < 4.78 is 7.45. The van der Waals surface area contributed by atoms with Crippen LogP contribution in [0.3, 0.4) is 0 Å². The van der Waals surface area contributed by atoms with Gasteiger partial charge in [-0.3, -0.25) is 4.79 Å². The SMILES string of the molecule is C[C@@H]1[C@@H]([Si](C)(C)O)[C@H](CCO)O[C@@]12C(=O)N(Cc1ccccc1)c1ccc(Br)cc12. The minimum Gasteiger partial charge on any atom is -0.432 e. The molecular formula is C23H28BrNO4Si. The Morgan fingerprint density at radius 3 is 2.53 bits per heavy atom. The van der Waals surface area contributed by atoms with Crippen LogP contribution in [0.4, 0.5) is 5.69 Å². The maximum atomic E-state index is 14.0. The summed E-state index contributed by atoms with van der Waals surface area (Å²) >= 11 is 3.56. The highest BCUT2D eigenvalue weighted by Crippen LogP contribution is 2.60. The summed E-state index contributed by atoms with van der Waals surface area (Å²) in [5.74, 6) is -0.294. The van der Waals surface area contributed by atoms with Crippen LogP contribution in [0.2, 0.25) is 18.6 Å². The van der Waals surface area contributed by atoms with E-state index < -0.39 is 13.9 Å². The van der Waals surface area contributed by atoms with Gasteiger partial charge in [-0.05, 0) is 43.3 Å². The zero-order valence-corrected chi connectivity index (χ0v) is 20.1. The number of ether oxygens (including phenoxy) is 1. The fourth-order valence-electron chi connectivity index (χ4n) is 5.37. The molecule has 4 rings (SSSR count). The Balaban J connectivity index is 1.83. The minimum absolute atomic E-state index is 0.0400. The zero-order chi connectivity index (χ0) is 21.7. The van der Waals surface area contributed by atoms with Crippen LogP contribution in [-0.2, 0) is 21.7 Å². The van der Waals surface area contributed by atoms with E-state index in [9.17, 15) is 14.7 Å². The van der Waals surface area contributed by atoms with Crippen molar-refractivity contribution in [2.75, 3.05) is 11.5 Å². The number of hydrogen-bond acceptors (Lipinski definition) is 4. The van der Waals surface area contributed by atoms with Gasteiger partial charge in [0.25, 0.3) is 5.91 Å². The van der Waals surface area contributed by atoms with Gasteiger partial charge in [0.2, 0.25) is 0 Å². The van der Waals surface area contributed by atoms with Crippen LogP contribution in [0, 0.1) is 5.92 Å². The Morgan fingerprint density at radius 1 is 1.20 bits per heavy atom. The third kappa shape index (κ3) is 3.37. The lowest BCUT2D eigenvalue weighted by Gasteiger charge is -2.32. The second-order valence-electron chi connectivity index (χ2n) is 8.91. The second-order valence-corrected chi connectivity index (χ2v) is 13.8. The molecule has 4 atom stereocenters. The average Bonchev–Trinajstić information content (AvgIpc) is 3.10. The van der Waals surface area contributed by atoms with Crippen molar-refractivity contribution in [1.82, 2.24) is 0 Å². The molecule has 0 aromatic heterocycles. The molecule has 2 aliphatic heterocycles. The molecule has 0 radical (unpaired) electrons. The van der Waals surface area contributed by atoms with Gasteiger partial charge in [-0.1, -0.05) is 53.2 Å². The van der Waals surface area contributed by atoms with E-state index in [0.29, 0.717) is 13.0 Å². The Labute approximate surface area is 186 Å². The fourth-order valence-corrected chi connectivity index (χ4v) is 8.33. The normalized spacial score (nSPS) is 28.4. The molecule has 1 saturated heterocycles. The van der Waals surface area contributed by atoms with Gasteiger partial charge in [0.15, 0.2) is 13.9 Å². The number of nitrogens with zero attached hydrogens (tertiary/aromatic N) is 1. The zero-order valence-electron chi connectivity index (χ0n) is 17.5. The number of carbonyl (C=O) groups excluding carboxylic acids is 1. The molecule has 0 bridgehead atoms. The number of aliphatic hydroxyl groups is 1. The topological polar surface area (TPSA) is 70.0 Å². The smallest absolute Gasteiger partial charge is 0.264 e. The van der Waals surface area contributed by atoms with Crippen molar-refractivity contribution < 1.29 is 19.4 Å². The average molecular weight is 490 g/mol. The number of fused-ring (bicyclic) bond motifs is 2. The highest BCUT2D eigenvalue weighted by molar-refractivity contribution is 9.10. The van der Waals surface area contributed by atoms with E-state index in [0.717, 1.165) is 21.3 Å². The summed E-state index contributed by atoms with van der Waals surface area (Å²) in [4.78, 5) is 26.9. The first kappa shape index (κ1) is 21.7. The molecule has 0 unspecified atom stereocenters. The Kier molecular flexibility index (Phi) is 5.70. The van der Waals surface area contributed by atoms with Gasteiger partial charge in [-0.15, -0.1) is 0 Å². The molecule has 5 nitrogen and oxygen atoms in total. The fraction of sp³-hybridized carbons (Fsp3) is 0.435. The second kappa shape index (κ2) is 7.87. The van der Waals surface area contributed by atoms with Crippen molar-refractivity contribution in [1.29, 1.82) is 0 Å². The van der Waals surface area contributed by atoms with Crippen LogP contribution in [0.25, 0.3) is 0 Å². The maximum absolute atomic E-state index is 14.0. The Hall–Kier alpha value is -1.51. The van der Waals surface area contributed by atoms with E-state index in [1.165, 1.54) is 0 Å². The van der Waals surface area contributed by atoms with E-state index in [1.54, 1.807) is 4.90 Å². The summed E-state index contributed by atoms with van der Waals surface area (Å²) in [6.45, 7) is 6.22. The lowest BCUT2D eigenvalue weighted by atomic mass is 9.82. The van der Waals surface area contributed by atoms with Gasteiger partial charge < -0.3 is 19.5 Å². The van der Waals surface area contributed by atoms with Gasteiger partial charge >= 0.3 is 0 Å². The Bertz CT molecular complexity index is 948. The molecule has 1 amide bonds. The minimum atomic E-state index is -2.66. The maximum Gasteiger partial charge on any atom is 0.264 e. The number of rotatable bonds is 5. The summed E-state index contributed by atoms with van der Waals surface area (Å²) in [5.41, 5.74) is 1.43. The van der Waals surface area contributed by atoms with Crippen molar-refractivity contribution in [3.8, 4) is 0 Å². The van der Waals surface area contributed by atoms with Crippen molar-refractivity contribution in [3.05, 3.63) is 64.1 Å². The number of hydrogen-bond donors (Lipinski definition) is 2. The first-order valence-electron chi connectivity index (χ1n) is 10.4. The van der Waals surface area contributed by atoms with Gasteiger partial charge in [-0.2, -0.15) is 0 Å². The monoisotopic (exact) mass is 489 g/mol. The number of amides is 1. The van der Waals surface area contributed by atoms with E-state index in [-0.39, 0.29) is 30.1 Å². The van der Waals surface area contributed by atoms with E-state index in [1.807, 2.05) is 68.5 Å². The van der Waals surface area contributed by atoms with Crippen molar-refractivity contribution in [2.24, 2.45) is 5.92 Å². The van der Waals surface area contributed by atoms with Crippen LogP contribution in [-0.4, -0.2) is 36.8 Å². The molecule has 30 heavy (non-hydrogen) atoms. The van der Waals surface area contributed by atoms with Gasteiger partial charge in [0, 0.05) is 28.1 Å². The highest BCUT2D eigenvalue weighted by atomic mass is 79.9. The van der Waals surface area contributed by atoms with Crippen LogP contribution < -0.4 is 4.90 Å². The summed E-state index contributed by atoms with van der Waals surface area (Å²) in [7, 11) is -2.66. The standard InChI is InChI=1S/C23H28BrNO4Si/c1-15-21(30(2,3)28)20(11-12-26)29-23(15)18-13-17(24)9-10-19(18)25(22(23)27)14-16-7-5-4-6-8-16/h4-10,13,15,20-21,26,28H,11-12,14H2,1-3H3/t15-,20+,21-,23+/m1/s1. The number of carbonyl (C=O) groups is 1. The number of benzene rings is 2. The molecule has 2 aromatic carbocycles. The van der Waals surface area contributed by atoms with Crippen molar-refractivity contribution in [3.63, 3.8) is 0 Å². The molecular weight excluding hydrogens is 462 g/mol. The van der Waals surface area contributed by atoms with Gasteiger partial charge in [0.1, 0.15) is 0 Å². The van der Waals surface area contributed by atoms with E-state index in [4.69, 9.17) is 4.74 Å². The number of halogens is 1. The molecule has 2 aliphatic rings. The van der Waals surface area contributed by atoms with E-state index in [2.05, 4.69) is 15.9 Å². The third-order valence-corrected chi connectivity index (χ3v) is 9.54. The highest BCUT2D eigenvalue weighted by Gasteiger charge is 2.66. The summed E-state index contributed by atoms with van der Waals surface area (Å²) in [5, 5.41) is 9.63. The predicted molar refractivity (Wildman–Crippen MR) is 123 cm³/mol. The van der Waals surface area contributed by atoms with Crippen molar-refractivity contribution >= 4 is 35.8 Å². The summed E-state index contributed by atoms with van der Waals surface area (Å²) in [6.07, 6.45) is 0.0485. The van der Waals surface area contributed by atoms with Gasteiger partial charge in [-0.25, -0.2) is 0 Å². The van der Waals surface area contributed by atoms with E-state index >= 15 is 0 Å². The quantitative estimate of drug-likeness (QED) is 0.618. The van der Waals surface area contributed by atoms with Gasteiger partial charge in [0.05, 0.1) is 18.3 Å². The van der Waals surface area contributed by atoms with Crippen LogP contribution >= 0.6 is 15.9 Å². The molecule has 160 valence electrons. The molecule has 7 heteroatoms. The summed E-state index contributed by atoms with van der Waals surface area (Å²) in [6, 6.07) is 15.8. The first-order valence-corrected chi connectivity index (χ1v) is 14.2. The Morgan fingerprint density at radius 2 is 1.90 bits per heavy atom. The largest absolute Gasteiger partial charge is 0.432 e.